The highest BCUT2D eigenvalue weighted by Crippen LogP contribution is 2.27. The lowest BCUT2D eigenvalue weighted by Crippen LogP contribution is -2.28. The molecule has 2 amide bonds. The Labute approximate surface area is 147 Å². The molecule has 1 saturated heterocycles. The minimum absolute atomic E-state index is 0. The number of carbonyl (C=O) groups excluding carboxylic acids is 2. The molecule has 1 aromatic carbocycles. The molecule has 1 aliphatic rings. The lowest BCUT2D eigenvalue weighted by Gasteiger charge is -2.09. The lowest BCUT2D eigenvalue weighted by atomic mass is 10.2. The molecule has 130 valence electrons. The molecule has 0 bridgehead atoms. The zero-order valence-corrected chi connectivity index (χ0v) is 13.6. The number of pyridine rings is 1. The van der Waals surface area contributed by atoms with E-state index in [9.17, 15) is 14.0 Å². The molecular formula is C16H12ClFN2O5. The Morgan fingerprint density at radius 2 is 2.04 bits per heavy atom. The van der Waals surface area contributed by atoms with Gasteiger partial charge < -0.3 is 14.6 Å². The van der Waals surface area contributed by atoms with Gasteiger partial charge in [0.15, 0.2) is 17.3 Å². The average Bonchev–Trinajstić information content (AvgIpc) is 2.85. The van der Waals surface area contributed by atoms with Crippen LogP contribution in [-0.4, -0.2) is 29.2 Å². The van der Waals surface area contributed by atoms with Gasteiger partial charge in [0.05, 0.1) is 19.0 Å². The van der Waals surface area contributed by atoms with Crippen molar-refractivity contribution < 1.29 is 28.6 Å². The van der Waals surface area contributed by atoms with Gasteiger partial charge in [0.1, 0.15) is 0 Å². The van der Waals surface area contributed by atoms with Crippen molar-refractivity contribution >= 4 is 36.2 Å². The largest absolute Gasteiger partial charge is 0.505 e. The summed E-state index contributed by atoms with van der Waals surface area (Å²) in [6.07, 6.45) is 1.61. The number of phenolic OH excluding ortho intramolecular Hbond substituents is 1. The zero-order valence-electron chi connectivity index (χ0n) is 12.8. The van der Waals surface area contributed by atoms with Crippen LogP contribution < -0.4 is 9.64 Å². The van der Waals surface area contributed by atoms with Crippen molar-refractivity contribution in [3.8, 4) is 11.6 Å². The van der Waals surface area contributed by atoms with E-state index in [-0.39, 0.29) is 29.4 Å². The molecule has 0 radical (unpaired) electrons. The molecular weight excluding hydrogens is 355 g/mol. The van der Waals surface area contributed by atoms with Crippen LogP contribution in [0.5, 0.6) is 11.6 Å². The first-order valence-corrected chi connectivity index (χ1v) is 6.76. The number of methoxy groups -OCH3 is 1. The first-order chi connectivity index (χ1) is 11.5. The van der Waals surface area contributed by atoms with Gasteiger partial charge in [-0.15, -0.1) is 12.4 Å². The highest BCUT2D eigenvalue weighted by Gasteiger charge is 2.38. The van der Waals surface area contributed by atoms with Crippen LogP contribution in [0, 0.1) is 5.82 Å². The Morgan fingerprint density at radius 1 is 1.28 bits per heavy atom. The van der Waals surface area contributed by atoms with Crippen molar-refractivity contribution in [3.05, 3.63) is 53.7 Å². The van der Waals surface area contributed by atoms with Gasteiger partial charge in [-0.2, -0.15) is 0 Å². The smallest absolute Gasteiger partial charge is 0.427 e. The van der Waals surface area contributed by atoms with E-state index in [2.05, 4.69) is 4.98 Å². The number of ether oxygens (including phenoxy) is 2. The maximum atomic E-state index is 13.3. The summed E-state index contributed by atoms with van der Waals surface area (Å²) in [7, 11) is 1.44. The molecule has 2 heterocycles. The van der Waals surface area contributed by atoms with Crippen molar-refractivity contribution in [3.63, 3.8) is 0 Å². The summed E-state index contributed by atoms with van der Waals surface area (Å²) in [6.45, 7) is 0. The molecule has 2 aromatic rings. The van der Waals surface area contributed by atoms with E-state index < -0.39 is 23.6 Å². The molecule has 0 saturated carbocycles. The van der Waals surface area contributed by atoms with Crippen LogP contribution >= 0.6 is 12.4 Å². The summed E-state index contributed by atoms with van der Waals surface area (Å²) in [4.78, 5) is 29.0. The molecule has 0 atom stereocenters. The van der Waals surface area contributed by atoms with E-state index >= 15 is 0 Å². The van der Waals surface area contributed by atoms with E-state index in [1.54, 1.807) is 0 Å². The predicted octanol–water partition coefficient (Wildman–Crippen LogP) is 2.88. The number of imide groups is 1. The van der Waals surface area contributed by atoms with Crippen LogP contribution in [0.2, 0.25) is 0 Å². The van der Waals surface area contributed by atoms with Crippen LogP contribution in [0.15, 0.2) is 42.3 Å². The molecule has 25 heavy (non-hydrogen) atoms. The number of benzene rings is 1. The number of hydrogen-bond acceptors (Lipinski definition) is 6. The Balaban J connectivity index is 0.00000225. The van der Waals surface area contributed by atoms with Crippen molar-refractivity contribution in [2.75, 3.05) is 12.0 Å². The fraction of sp³-hybridized carbons (Fsp3) is 0.0625. The molecule has 1 aliphatic heterocycles. The maximum Gasteiger partial charge on any atom is 0.427 e. The number of amides is 2. The summed E-state index contributed by atoms with van der Waals surface area (Å²) < 4.78 is 23.2. The summed E-state index contributed by atoms with van der Waals surface area (Å²) in [6, 6.07) is 6.50. The van der Waals surface area contributed by atoms with Gasteiger partial charge in [-0.3, -0.25) is 4.79 Å². The second-order valence-electron chi connectivity index (χ2n) is 4.79. The normalized spacial score (nSPS) is 15.1. The quantitative estimate of drug-likeness (QED) is 0.840. The number of rotatable bonds is 3. The minimum atomic E-state index is -0.891. The van der Waals surface area contributed by atoms with E-state index in [0.717, 1.165) is 17.0 Å². The summed E-state index contributed by atoms with van der Waals surface area (Å²) in [5, 5.41) is 9.16. The van der Waals surface area contributed by atoms with Gasteiger partial charge in [-0.25, -0.2) is 19.1 Å². The third-order valence-electron chi connectivity index (χ3n) is 3.25. The molecule has 7 nitrogen and oxygen atoms in total. The molecule has 1 fully saturated rings. The number of nitrogens with zero attached hydrogens (tertiary/aromatic N) is 2. The average molecular weight is 367 g/mol. The fourth-order valence-electron chi connectivity index (χ4n) is 2.08. The Bertz CT molecular complexity index is 854. The van der Waals surface area contributed by atoms with E-state index in [0.29, 0.717) is 5.88 Å². The minimum Gasteiger partial charge on any atom is -0.505 e. The summed E-state index contributed by atoms with van der Waals surface area (Å²) in [5.41, 5.74) is 0.474. The van der Waals surface area contributed by atoms with Gasteiger partial charge >= 0.3 is 12.0 Å². The van der Waals surface area contributed by atoms with E-state index in [1.807, 2.05) is 0 Å². The van der Waals surface area contributed by atoms with E-state index in [1.165, 1.54) is 37.6 Å². The third-order valence-corrected chi connectivity index (χ3v) is 3.25. The van der Waals surface area contributed by atoms with E-state index in [4.69, 9.17) is 14.6 Å². The SMILES string of the molecule is COc1ccc(N2C(=O)OC(=Cc3ccc(O)c(F)c3)C2=O)cn1.Cl. The molecule has 3 rings (SSSR count). The van der Waals surface area contributed by atoms with Gasteiger partial charge in [0.2, 0.25) is 5.88 Å². The van der Waals surface area contributed by atoms with Gasteiger partial charge in [0, 0.05) is 6.07 Å². The predicted molar refractivity (Wildman–Crippen MR) is 88.0 cm³/mol. The summed E-state index contributed by atoms with van der Waals surface area (Å²) in [5.74, 6) is -2.01. The van der Waals surface area contributed by atoms with Crippen LogP contribution in [0.4, 0.5) is 14.9 Å². The Kier molecular flexibility index (Phi) is 5.23. The molecule has 1 aromatic heterocycles. The highest BCUT2D eigenvalue weighted by atomic mass is 35.5. The number of cyclic esters (lactones) is 1. The molecule has 0 unspecified atom stereocenters. The number of aromatic hydroxyl groups is 1. The molecule has 1 N–H and O–H groups in total. The Hall–Kier alpha value is -3.13. The fourth-order valence-corrected chi connectivity index (χ4v) is 2.08. The molecule has 0 spiro atoms. The number of anilines is 1. The molecule has 0 aliphatic carbocycles. The number of hydrogen-bond donors (Lipinski definition) is 1. The second-order valence-corrected chi connectivity index (χ2v) is 4.79. The maximum absolute atomic E-state index is 13.3. The van der Waals surface area contributed by atoms with Crippen LogP contribution in [-0.2, 0) is 9.53 Å². The van der Waals surface area contributed by atoms with Gasteiger partial charge in [-0.05, 0) is 29.8 Å². The monoisotopic (exact) mass is 366 g/mol. The van der Waals surface area contributed by atoms with Crippen molar-refractivity contribution in [1.29, 1.82) is 0 Å². The molecule has 9 heteroatoms. The topological polar surface area (TPSA) is 89.0 Å². The van der Waals surface area contributed by atoms with Crippen molar-refractivity contribution in [1.82, 2.24) is 4.98 Å². The number of halogens is 2. The number of aromatic nitrogens is 1. The van der Waals surface area contributed by atoms with Gasteiger partial charge in [-0.1, -0.05) is 6.07 Å². The second kappa shape index (κ2) is 7.18. The first-order valence-electron chi connectivity index (χ1n) is 6.76. The van der Waals surface area contributed by atoms with Crippen molar-refractivity contribution in [2.24, 2.45) is 0 Å². The number of phenols is 1. The first kappa shape index (κ1) is 18.2. The van der Waals surface area contributed by atoms with Crippen LogP contribution in [0.3, 0.4) is 0 Å². The van der Waals surface area contributed by atoms with Crippen molar-refractivity contribution in [2.45, 2.75) is 0 Å². The van der Waals surface area contributed by atoms with Crippen LogP contribution in [0.25, 0.3) is 6.08 Å². The standard InChI is InChI=1S/C16H11FN2O5.ClH/c1-23-14-5-3-10(8-18-14)19-15(21)13(24-16(19)22)7-9-2-4-12(20)11(17)6-9;/h2-8,20H,1H3;1H. The summed E-state index contributed by atoms with van der Waals surface area (Å²) >= 11 is 0. The zero-order chi connectivity index (χ0) is 17.3. The number of carbonyl (C=O) groups is 2. The van der Waals surface area contributed by atoms with Crippen LogP contribution in [0.1, 0.15) is 5.56 Å². The third kappa shape index (κ3) is 3.53. The lowest BCUT2D eigenvalue weighted by molar-refractivity contribution is -0.114. The Morgan fingerprint density at radius 3 is 2.64 bits per heavy atom. The highest BCUT2D eigenvalue weighted by molar-refractivity contribution is 6.24. The van der Waals surface area contributed by atoms with Gasteiger partial charge in [0.25, 0.3) is 0 Å².